The molecule has 0 radical (unpaired) electrons. The van der Waals surface area contributed by atoms with Gasteiger partial charge in [0.05, 0.1) is 0 Å². The maximum absolute atomic E-state index is 11.5. The highest BCUT2D eigenvalue weighted by Gasteiger charge is 2.09. The van der Waals surface area contributed by atoms with Gasteiger partial charge in [-0.2, -0.15) is 0 Å². The first-order valence-electron chi connectivity index (χ1n) is 4.70. The molecule has 0 saturated carbocycles. The third kappa shape index (κ3) is 4.33. The van der Waals surface area contributed by atoms with E-state index in [1.807, 2.05) is 19.1 Å². The van der Waals surface area contributed by atoms with E-state index >= 15 is 0 Å². The first-order valence-corrected chi connectivity index (χ1v) is 5.87. The number of carbonyl (C=O) groups excluding carboxylic acids is 1. The molecule has 1 unspecified atom stereocenters. The van der Waals surface area contributed by atoms with Crippen LogP contribution in [0.5, 0.6) is 0 Å². The summed E-state index contributed by atoms with van der Waals surface area (Å²) in [6.45, 7) is 1.82. The van der Waals surface area contributed by atoms with Crippen molar-refractivity contribution < 1.29 is 4.79 Å². The van der Waals surface area contributed by atoms with Gasteiger partial charge in [-0.1, -0.05) is 33.6 Å². The van der Waals surface area contributed by atoms with Crippen molar-refractivity contribution in [2.75, 3.05) is 0 Å². The van der Waals surface area contributed by atoms with Gasteiger partial charge in [0, 0.05) is 28.4 Å². The molecular weight excluding hydrogens is 277 g/mol. The summed E-state index contributed by atoms with van der Waals surface area (Å²) < 4.78 is 0.913. The summed E-state index contributed by atoms with van der Waals surface area (Å²) in [6, 6.07) is 5.42. The van der Waals surface area contributed by atoms with Crippen molar-refractivity contribution in [3.8, 4) is 0 Å². The minimum Gasteiger partial charge on any atom is -0.328 e. The van der Waals surface area contributed by atoms with E-state index in [0.29, 0.717) is 17.9 Å². The second-order valence-electron chi connectivity index (χ2n) is 3.63. The van der Waals surface area contributed by atoms with E-state index in [0.717, 1.165) is 10.0 Å². The zero-order valence-corrected chi connectivity index (χ0v) is 10.8. The fourth-order valence-corrected chi connectivity index (χ4v) is 2.05. The molecule has 0 aromatic heterocycles. The Morgan fingerprint density at radius 2 is 2.27 bits per heavy atom. The van der Waals surface area contributed by atoms with Crippen LogP contribution in [0.2, 0.25) is 5.02 Å². The molecule has 2 N–H and O–H groups in total. The number of halogens is 2. The van der Waals surface area contributed by atoms with E-state index in [-0.39, 0.29) is 11.8 Å². The smallest absolute Gasteiger partial charge is 0.138 e. The topological polar surface area (TPSA) is 43.1 Å². The normalized spacial score (nSPS) is 12.5. The lowest BCUT2D eigenvalue weighted by atomic mass is 10.0. The summed E-state index contributed by atoms with van der Waals surface area (Å²) in [5.74, 6) is 0.120. The molecule has 4 heteroatoms. The number of rotatable bonds is 4. The molecule has 0 fully saturated rings. The second-order valence-corrected chi connectivity index (χ2v) is 4.96. The molecule has 0 aliphatic heterocycles. The van der Waals surface area contributed by atoms with Crippen LogP contribution in [0, 0.1) is 0 Å². The molecule has 0 bridgehead atoms. The molecule has 0 aliphatic carbocycles. The third-order valence-corrected chi connectivity index (χ3v) is 2.80. The molecule has 82 valence electrons. The van der Waals surface area contributed by atoms with E-state index in [9.17, 15) is 4.79 Å². The van der Waals surface area contributed by atoms with Crippen LogP contribution in [-0.2, 0) is 11.2 Å². The molecule has 1 aromatic carbocycles. The van der Waals surface area contributed by atoms with Gasteiger partial charge in [0.15, 0.2) is 0 Å². The summed E-state index contributed by atoms with van der Waals surface area (Å²) in [4.78, 5) is 11.5. The van der Waals surface area contributed by atoms with Gasteiger partial charge in [-0.25, -0.2) is 0 Å². The maximum Gasteiger partial charge on any atom is 0.138 e. The van der Waals surface area contributed by atoms with E-state index in [2.05, 4.69) is 15.9 Å². The second kappa shape index (κ2) is 5.64. The fraction of sp³-hybridized carbons (Fsp3) is 0.364. The molecule has 1 aromatic rings. The Morgan fingerprint density at radius 3 is 2.80 bits per heavy atom. The fourth-order valence-electron chi connectivity index (χ4n) is 1.31. The van der Waals surface area contributed by atoms with Gasteiger partial charge in [-0.15, -0.1) is 0 Å². The zero-order valence-electron chi connectivity index (χ0n) is 8.47. The number of benzene rings is 1. The van der Waals surface area contributed by atoms with Crippen LogP contribution in [0.3, 0.4) is 0 Å². The number of Topliss-reactive ketones (excluding diaryl/α,β-unsaturated/α-hetero) is 1. The maximum atomic E-state index is 11.5. The van der Waals surface area contributed by atoms with Crippen molar-refractivity contribution in [2.45, 2.75) is 25.8 Å². The average Bonchev–Trinajstić information content (AvgIpc) is 2.08. The number of hydrogen-bond acceptors (Lipinski definition) is 2. The van der Waals surface area contributed by atoms with E-state index in [1.54, 1.807) is 6.07 Å². The lowest BCUT2D eigenvalue weighted by molar-refractivity contribution is -0.118. The van der Waals surface area contributed by atoms with Crippen LogP contribution < -0.4 is 5.73 Å². The number of hydrogen-bond donors (Lipinski definition) is 1. The molecular formula is C11H13BrClNO. The van der Waals surface area contributed by atoms with Gasteiger partial charge in [0.2, 0.25) is 0 Å². The standard InChI is InChI=1S/C11H13BrClNO/c1-7(14)4-10(15)5-8-2-3-9(12)6-11(8)13/h2-3,6-7H,4-5,14H2,1H3. The lowest BCUT2D eigenvalue weighted by Gasteiger charge is -2.06. The van der Waals surface area contributed by atoms with Crippen LogP contribution in [-0.4, -0.2) is 11.8 Å². The first-order chi connectivity index (χ1) is 6.99. The minimum atomic E-state index is -0.0910. The van der Waals surface area contributed by atoms with Gasteiger partial charge < -0.3 is 5.73 Å². The summed E-state index contributed by atoms with van der Waals surface area (Å²) in [7, 11) is 0. The minimum absolute atomic E-state index is 0.0910. The predicted molar refractivity (Wildman–Crippen MR) is 66.1 cm³/mol. The zero-order chi connectivity index (χ0) is 11.4. The lowest BCUT2D eigenvalue weighted by Crippen LogP contribution is -2.20. The number of nitrogens with two attached hydrogens (primary N) is 1. The van der Waals surface area contributed by atoms with Crippen LogP contribution in [0.25, 0.3) is 0 Å². The Kier molecular flexibility index (Phi) is 4.77. The van der Waals surface area contributed by atoms with Crippen molar-refractivity contribution >= 4 is 33.3 Å². The SMILES string of the molecule is CC(N)CC(=O)Cc1ccc(Br)cc1Cl. The number of ketones is 1. The van der Waals surface area contributed by atoms with Crippen molar-refractivity contribution in [2.24, 2.45) is 5.73 Å². The van der Waals surface area contributed by atoms with E-state index < -0.39 is 0 Å². The summed E-state index contributed by atoms with van der Waals surface area (Å²) in [5, 5.41) is 0.613. The monoisotopic (exact) mass is 289 g/mol. The van der Waals surface area contributed by atoms with Gasteiger partial charge in [0.25, 0.3) is 0 Å². The summed E-state index contributed by atoms with van der Waals surface area (Å²) in [6.07, 6.45) is 0.750. The predicted octanol–water partition coefficient (Wildman–Crippen LogP) is 2.95. The highest BCUT2D eigenvalue weighted by molar-refractivity contribution is 9.10. The van der Waals surface area contributed by atoms with Crippen molar-refractivity contribution in [3.63, 3.8) is 0 Å². The van der Waals surface area contributed by atoms with Crippen molar-refractivity contribution in [1.29, 1.82) is 0 Å². The van der Waals surface area contributed by atoms with Gasteiger partial charge in [0.1, 0.15) is 5.78 Å². The molecule has 0 saturated heterocycles. The van der Waals surface area contributed by atoms with E-state index in [4.69, 9.17) is 17.3 Å². The molecule has 0 heterocycles. The Hall–Kier alpha value is -0.380. The highest BCUT2D eigenvalue weighted by atomic mass is 79.9. The molecule has 1 rings (SSSR count). The van der Waals surface area contributed by atoms with Crippen LogP contribution in [0.1, 0.15) is 18.9 Å². The molecule has 0 spiro atoms. The van der Waals surface area contributed by atoms with Crippen LogP contribution in [0.15, 0.2) is 22.7 Å². The van der Waals surface area contributed by atoms with Crippen molar-refractivity contribution in [3.05, 3.63) is 33.3 Å². The first kappa shape index (κ1) is 12.7. The molecule has 0 aliphatic rings. The largest absolute Gasteiger partial charge is 0.328 e. The molecule has 15 heavy (non-hydrogen) atoms. The summed E-state index contributed by atoms with van der Waals surface area (Å²) in [5.41, 5.74) is 6.40. The van der Waals surface area contributed by atoms with Crippen molar-refractivity contribution in [1.82, 2.24) is 0 Å². The van der Waals surface area contributed by atoms with Crippen LogP contribution >= 0.6 is 27.5 Å². The third-order valence-electron chi connectivity index (χ3n) is 1.95. The molecule has 2 nitrogen and oxygen atoms in total. The van der Waals surface area contributed by atoms with Gasteiger partial charge >= 0.3 is 0 Å². The van der Waals surface area contributed by atoms with Gasteiger partial charge in [-0.05, 0) is 24.6 Å². The highest BCUT2D eigenvalue weighted by Crippen LogP contribution is 2.22. The Balaban J connectivity index is 2.68. The number of carbonyl (C=O) groups is 1. The molecule has 0 amide bonds. The molecule has 1 atom stereocenters. The summed E-state index contributed by atoms with van der Waals surface area (Å²) >= 11 is 9.31. The van der Waals surface area contributed by atoms with Crippen LogP contribution in [0.4, 0.5) is 0 Å². The average molecular weight is 291 g/mol. The Bertz CT molecular complexity index is 366. The quantitative estimate of drug-likeness (QED) is 0.926. The van der Waals surface area contributed by atoms with E-state index in [1.165, 1.54) is 0 Å². The van der Waals surface area contributed by atoms with Gasteiger partial charge in [-0.3, -0.25) is 4.79 Å². The Morgan fingerprint density at radius 1 is 1.60 bits per heavy atom. The Labute approximate surface area is 103 Å².